The zero-order valence-corrected chi connectivity index (χ0v) is 12.0. The van der Waals surface area contributed by atoms with Crippen LogP contribution in [0.5, 0.6) is 0 Å². The number of hydrogen-bond donors (Lipinski definition) is 3. The third-order valence-electron chi connectivity index (χ3n) is 4.06. The van der Waals surface area contributed by atoms with E-state index in [0.717, 1.165) is 24.8 Å². The molecule has 0 unspecified atom stereocenters. The summed E-state index contributed by atoms with van der Waals surface area (Å²) in [7, 11) is 0. The monoisotopic (exact) mass is 290 g/mol. The molecular weight excluding hydrogens is 268 g/mol. The highest BCUT2D eigenvalue weighted by Gasteiger charge is 2.35. The molecule has 0 aliphatic heterocycles. The second-order valence-electron chi connectivity index (χ2n) is 5.88. The molecule has 1 aliphatic carbocycles. The summed E-state index contributed by atoms with van der Waals surface area (Å²) in [5.41, 5.74) is 6.65. The van der Waals surface area contributed by atoms with E-state index in [0.29, 0.717) is 12.8 Å². The van der Waals surface area contributed by atoms with Crippen LogP contribution >= 0.6 is 0 Å². The average Bonchev–Trinajstić information content (AvgIpc) is 2.42. The topological polar surface area (TPSA) is 92.4 Å². The summed E-state index contributed by atoms with van der Waals surface area (Å²) in [4.78, 5) is 23.2. The van der Waals surface area contributed by atoms with Crippen LogP contribution in [0, 0.1) is 0 Å². The van der Waals surface area contributed by atoms with Crippen LogP contribution in [0.3, 0.4) is 0 Å². The predicted molar refractivity (Wildman–Crippen MR) is 79.7 cm³/mol. The van der Waals surface area contributed by atoms with E-state index in [1.807, 2.05) is 30.3 Å². The third-order valence-corrected chi connectivity index (χ3v) is 4.06. The first-order chi connectivity index (χ1) is 9.98. The maximum absolute atomic E-state index is 11.9. The Balaban J connectivity index is 1.84. The van der Waals surface area contributed by atoms with Crippen LogP contribution in [0.15, 0.2) is 30.3 Å². The van der Waals surface area contributed by atoms with Crippen molar-refractivity contribution in [2.45, 2.75) is 50.1 Å². The van der Waals surface area contributed by atoms with Gasteiger partial charge in [-0.1, -0.05) is 30.3 Å². The summed E-state index contributed by atoms with van der Waals surface area (Å²) in [5.74, 6) is -1.27. The molecule has 21 heavy (non-hydrogen) atoms. The normalized spacial score (nSPS) is 17.6. The maximum atomic E-state index is 11.9. The second-order valence-corrected chi connectivity index (χ2v) is 5.88. The number of nitrogens with one attached hydrogen (secondary N) is 1. The fourth-order valence-corrected chi connectivity index (χ4v) is 2.59. The summed E-state index contributed by atoms with van der Waals surface area (Å²) in [5, 5.41) is 11.8. The molecule has 4 N–H and O–H groups in total. The lowest BCUT2D eigenvalue weighted by Crippen LogP contribution is -2.52. The van der Waals surface area contributed by atoms with Gasteiger partial charge in [0.1, 0.15) is 6.04 Å². The van der Waals surface area contributed by atoms with Gasteiger partial charge in [0.25, 0.3) is 0 Å². The van der Waals surface area contributed by atoms with Crippen LogP contribution in [0.25, 0.3) is 0 Å². The molecule has 1 fully saturated rings. The van der Waals surface area contributed by atoms with Crippen molar-refractivity contribution in [2.75, 3.05) is 0 Å². The van der Waals surface area contributed by atoms with Crippen molar-refractivity contribution >= 4 is 11.9 Å². The Kier molecular flexibility index (Phi) is 4.96. The fraction of sp³-hybridized carbons (Fsp3) is 0.500. The van der Waals surface area contributed by atoms with Gasteiger partial charge in [-0.3, -0.25) is 4.79 Å². The zero-order valence-electron chi connectivity index (χ0n) is 12.0. The summed E-state index contributed by atoms with van der Waals surface area (Å²) in [6, 6.07) is 8.78. The highest BCUT2D eigenvalue weighted by atomic mass is 16.4. The van der Waals surface area contributed by atoms with Crippen LogP contribution in [0.4, 0.5) is 0 Å². The molecule has 2 rings (SSSR count). The summed E-state index contributed by atoms with van der Waals surface area (Å²) in [6.07, 6.45) is 3.92. The molecule has 1 saturated carbocycles. The standard InChI is InChI=1S/C16H22N2O3/c17-16(9-4-10-16)11-14(19)18-13(15(20)21)8-7-12-5-2-1-3-6-12/h1-3,5-6,13H,4,7-11,17H2,(H,18,19)(H,20,21)/t13-/m0/s1. The van der Waals surface area contributed by atoms with Crippen molar-refractivity contribution < 1.29 is 14.7 Å². The minimum Gasteiger partial charge on any atom is -0.480 e. The molecule has 1 amide bonds. The summed E-state index contributed by atoms with van der Waals surface area (Å²) >= 11 is 0. The molecular formula is C16H22N2O3. The van der Waals surface area contributed by atoms with Crippen molar-refractivity contribution in [1.29, 1.82) is 0 Å². The molecule has 1 aromatic rings. The Labute approximate surface area is 124 Å². The number of carboxylic acids is 1. The first-order valence-corrected chi connectivity index (χ1v) is 7.33. The van der Waals surface area contributed by atoms with E-state index in [4.69, 9.17) is 5.73 Å². The molecule has 1 aromatic carbocycles. The van der Waals surface area contributed by atoms with E-state index in [2.05, 4.69) is 5.32 Å². The SMILES string of the molecule is NC1(CC(=O)N[C@@H](CCc2ccccc2)C(=O)O)CCC1. The largest absolute Gasteiger partial charge is 0.480 e. The minimum atomic E-state index is -1.00. The number of aryl methyl sites for hydroxylation is 1. The van der Waals surface area contributed by atoms with Gasteiger partial charge in [-0.05, 0) is 37.7 Å². The lowest BCUT2D eigenvalue weighted by Gasteiger charge is -2.37. The van der Waals surface area contributed by atoms with Gasteiger partial charge in [0.05, 0.1) is 0 Å². The number of carbonyl (C=O) groups excluding carboxylic acids is 1. The van der Waals surface area contributed by atoms with E-state index in [1.54, 1.807) is 0 Å². The first kappa shape index (κ1) is 15.5. The van der Waals surface area contributed by atoms with E-state index >= 15 is 0 Å². The Morgan fingerprint density at radius 1 is 1.29 bits per heavy atom. The maximum Gasteiger partial charge on any atom is 0.326 e. The van der Waals surface area contributed by atoms with Gasteiger partial charge in [-0.25, -0.2) is 4.79 Å². The highest BCUT2D eigenvalue weighted by Crippen LogP contribution is 2.31. The van der Waals surface area contributed by atoms with E-state index in [1.165, 1.54) is 0 Å². The predicted octanol–water partition coefficient (Wildman–Crippen LogP) is 1.46. The number of carboxylic acid groups (broad SMARTS) is 1. The van der Waals surface area contributed by atoms with E-state index in [-0.39, 0.29) is 12.3 Å². The molecule has 0 heterocycles. The van der Waals surface area contributed by atoms with Crippen molar-refractivity contribution in [3.63, 3.8) is 0 Å². The Hall–Kier alpha value is -1.88. The first-order valence-electron chi connectivity index (χ1n) is 7.33. The van der Waals surface area contributed by atoms with E-state index < -0.39 is 17.6 Å². The smallest absolute Gasteiger partial charge is 0.326 e. The third kappa shape index (κ3) is 4.56. The highest BCUT2D eigenvalue weighted by molar-refractivity contribution is 5.84. The Morgan fingerprint density at radius 2 is 1.95 bits per heavy atom. The van der Waals surface area contributed by atoms with Crippen molar-refractivity contribution in [3.05, 3.63) is 35.9 Å². The van der Waals surface area contributed by atoms with Crippen LogP contribution in [-0.4, -0.2) is 28.6 Å². The average molecular weight is 290 g/mol. The quantitative estimate of drug-likeness (QED) is 0.709. The van der Waals surface area contributed by atoms with Crippen LogP contribution in [0.2, 0.25) is 0 Å². The molecule has 5 nitrogen and oxygen atoms in total. The molecule has 0 aromatic heterocycles. The van der Waals surface area contributed by atoms with Crippen LogP contribution in [-0.2, 0) is 16.0 Å². The van der Waals surface area contributed by atoms with Crippen LogP contribution in [0.1, 0.15) is 37.7 Å². The molecule has 1 aliphatic rings. The number of hydrogen-bond acceptors (Lipinski definition) is 3. The van der Waals surface area contributed by atoms with Gasteiger partial charge >= 0.3 is 5.97 Å². The Morgan fingerprint density at radius 3 is 2.48 bits per heavy atom. The Bertz CT molecular complexity index is 498. The van der Waals surface area contributed by atoms with Gasteiger partial charge in [0.2, 0.25) is 5.91 Å². The van der Waals surface area contributed by atoms with Crippen molar-refractivity contribution in [1.82, 2.24) is 5.32 Å². The van der Waals surface area contributed by atoms with Crippen molar-refractivity contribution in [3.8, 4) is 0 Å². The number of aliphatic carboxylic acids is 1. The van der Waals surface area contributed by atoms with Crippen LogP contribution < -0.4 is 11.1 Å². The fourth-order valence-electron chi connectivity index (χ4n) is 2.59. The van der Waals surface area contributed by atoms with Crippen molar-refractivity contribution in [2.24, 2.45) is 5.73 Å². The number of amides is 1. The summed E-state index contributed by atoms with van der Waals surface area (Å²) in [6.45, 7) is 0. The van der Waals surface area contributed by atoms with Gasteiger partial charge in [-0.15, -0.1) is 0 Å². The van der Waals surface area contributed by atoms with Gasteiger partial charge in [-0.2, -0.15) is 0 Å². The number of benzene rings is 1. The molecule has 1 atom stereocenters. The number of nitrogens with two attached hydrogens (primary N) is 1. The van der Waals surface area contributed by atoms with E-state index in [9.17, 15) is 14.7 Å². The van der Waals surface area contributed by atoms with Gasteiger partial charge < -0.3 is 16.2 Å². The molecule has 114 valence electrons. The molecule has 0 spiro atoms. The minimum absolute atomic E-state index is 0.210. The number of rotatable bonds is 7. The number of carbonyl (C=O) groups is 2. The lowest BCUT2D eigenvalue weighted by atomic mass is 9.75. The summed E-state index contributed by atoms with van der Waals surface area (Å²) < 4.78 is 0. The molecule has 0 bridgehead atoms. The molecule has 0 radical (unpaired) electrons. The lowest BCUT2D eigenvalue weighted by molar-refractivity contribution is -0.142. The second kappa shape index (κ2) is 6.72. The zero-order chi connectivity index (χ0) is 15.3. The molecule has 5 heteroatoms. The van der Waals surface area contributed by atoms with Gasteiger partial charge in [0.15, 0.2) is 0 Å². The van der Waals surface area contributed by atoms with Gasteiger partial charge in [0, 0.05) is 12.0 Å². The molecule has 0 saturated heterocycles.